The van der Waals surface area contributed by atoms with Gasteiger partial charge in [0.15, 0.2) is 0 Å². The van der Waals surface area contributed by atoms with Gasteiger partial charge in [-0.3, -0.25) is 19.9 Å². The van der Waals surface area contributed by atoms with Crippen molar-refractivity contribution in [2.24, 2.45) is 0 Å². The van der Waals surface area contributed by atoms with Crippen molar-refractivity contribution in [3.63, 3.8) is 0 Å². The van der Waals surface area contributed by atoms with Crippen molar-refractivity contribution in [2.75, 3.05) is 39.3 Å². The zero-order valence-electron chi connectivity index (χ0n) is 18.7. The van der Waals surface area contributed by atoms with Gasteiger partial charge < -0.3 is 9.84 Å². The summed E-state index contributed by atoms with van der Waals surface area (Å²) in [4.78, 5) is 27.3. The van der Waals surface area contributed by atoms with Crippen LogP contribution in [0.3, 0.4) is 0 Å². The average molecular weight is 545 g/mol. The second kappa shape index (κ2) is 11.1. The zero-order chi connectivity index (χ0) is 26.0. The lowest BCUT2D eigenvalue weighted by Crippen LogP contribution is -2.55. The number of carbonyl (C=O) groups excluding carboxylic acids is 1. The third-order valence-electron chi connectivity index (χ3n) is 5.68. The lowest BCUT2D eigenvalue weighted by Gasteiger charge is -2.35. The normalized spacial score (nSPS) is 15.7. The van der Waals surface area contributed by atoms with Crippen molar-refractivity contribution in [2.45, 2.75) is 6.10 Å². The minimum absolute atomic E-state index is 0.0253. The predicted octanol–water partition coefficient (Wildman–Crippen LogP) is 3.02. The molecule has 36 heavy (non-hydrogen) atoms. The summed E-state index contributed by atoms with van der Waals surface area (Å²) in [5, 5.41) is 11.1. The minimum Gasteiger partial charge on any atom is -0.491 e. The average Bonchev–Trinajstić information content (AvgIpc) is 2.84. The molecule has 4 rings (SSSR count). The number of aromatic nitrogens is 1. The SMILES string of the molecule is O=C(NN1CCN(C[C@H](O)COc2ccc(Cl)c(F)c2)CC1)c1cn(F)c2cc(Cl)c(F)cc2c1=O. The summed E-state index contributed by atoms with van der Waals surface area (Å²) >= 11 is 11.3. The molecule has 2 aromatic carbocycles. The van der Waals surface area contributed by atoms with E-state index in [4.69, 9.17) is 27.9 Å². The number of aliphatic hydroxyl groups excluding tert-OH is 1. The first-order valence-electron chi connectivity index (χ1n) is 10.9. The van der Waals surface area contributed by atoms with E-state index in [0.717, 1.165) is 24.4 Å². The molecule has 1 saturated heterocycles. The van der Waals surface area contributed by atoms with Crippen LogP contribution in [0.4, 0.5) is 13.3 Å². The molecule has 0 aliphatic carbocycles. The lowest BCUT2D eigenvalue weighted by molar-refractivity contribution is 0.0316. The number of nitrogens with one attached hydrogen (secondary N) is 1. The first-order chi connectivity index (χ1) is 17.1. The standard InChI is InChI=1S/C23H21Cl2F3N4O4/c24-17-2-1-14(7-19(17)26)36-12-13(33)10-30-3-5-31(6-4-30)29-23(35)16-11-32(28)21-9-18(25)20(27)8-15(21)22(16)34/h1-2,7-9,11,13,33H,3-6,10,12H2,(H,29,35)/t13-/m0/s1. The van der Waals surface area contributed by atoms with Crippen LogP contribution in [0.5, 0.6) is 5.75 Å². The molecule has 0 radical (unpaired) electrons. The van der Waals surface area contributed by atoms with Crippen LogP contribution in [0.25, 0.3) is 10.9 Å². The van der Waals surface area contributed by atoms with Gasteiger partial charge in [0, 0.05) is 38.8 Å². The van der Waals surface area contributed by atoms with Crippen LogP contribution in [-0.2, 0) is 0 Å². The van der Waals surface area contributed by atoms with Crippen molar-refractivity contribution in [1.82, 2.24) is 20.1 Å². The van der Waals surface area contributed by atoms with Gasteiger partial charge in [0.1, 0.15) is 35.7 Å². The molecular weight excluding hydrogens is 524 g/mol. The molecule has 1 atom stereocenters. The number of halogens is 5. The Bertz CT molecular complexity index is 1350. The Kier molecular flexibility index (Phi) is 8.06. The Balaban J connectivity index is 1.30. The van der Waals surface area contributed by atoms with Crippen molar-refractivity contribution in [3.8, 4) is 5.75 Å². The largest absolute Gasteiger partial charge is 0.491 e. The van der Waals surface area contributed by atoms with E-state index in [1.54, 1.807) is 5.01 Å². The second-order valence-corrected chi connectivity index (χ2v) is 9.05. The van der Waals surface area contributed by atoms with E-state index < -0.39 is 34.6 Å². The van der Waals surface area contributed by atoms with Crippen LogP contribution in [-0.4, -0.2) is 71.1 Å². The van der Waals surface area contributed by atoms with Crippen LogP contribution in [0.15, 0.2) is 41.3 Å². The van der Waals surface area contributed by atoms with E-state index >= 15 is 0 Å². The van der Waals surface area contributed by atoms with E-state index in [-0.39, 0.29) is 44.6 Å². The Morgan fingerprint density at radius 1 is 1.08 bits per heavy atom. The van der Waals surface area contributed by atoms with Gasteiger partial charge in [-0.15, -0.1) is 0 Å². The van der Waals surface area contributed by atoms with Gasteiger partial charge in [0.05, 0.1) is 27.1 Å². The maximum atomic E-state index is 14.4. The highest BCUT2D eigenvalue weighted by Crippen LogP contribution is 2.22. The number of pyridine rings is 1. The zero-order valence-corrected chi connectivity index (χ0v) is 20.2. The summed E-state index contributed by atoms with van der Waals surface area (Å²) in [7, 11) is 0. The fourth-order valence-electron chi connectivity index (χ4n) is 3.80. The summed E-state index contributed by atoms with van der Waals surface area (Å²) in [6.45, 7) is 1.90. The van der Waals surface area contributed by atoms with Crippen molar-refractivity contribution < 1.29 is 27.9 Å². The molecule has 2 N–H and O–H groups in total. The number of benzene rings is 2. The van der Waals surface area contributed by atoms with Crippen LogP contribution < -0.4 is 15.6 Å². The van der Waals surface area contributed by atoms with E-state index in [9.17, 15) is 28.0 Å². The van der Waals surface area contributed by atoms with E-state index in [2.05, 4.69) is 5.43 Å². The van der Waals surface area contributed by atoms with E-state index in [1.807, 2.05) is 4.90 Å². The molecule has 0 saturated carbocycles. The highest BCUT2D eigenvalue weighted by atomic mass is 35.5. The molecule has 13 heteroatoms. The third kappa shape index (κ3) is 5.93. The lowest BCUT2D eigenvalue weighted by atomic mass is 10.1. The number of ether oxygens (including phenoxy) is 1. The van der Waals surface area contributed by atoms with Crippen molar-refractivity contribution >= 4 is 40.0 Å². The van der Waals surface area contributed by atoms with Gasteiger partial charge in [0.25, 0.3) is 5.91 Å². The number of β-amino-alcohol motifs (C(OH)–C–C–N with tert-alkyl or cyclic N) is 1. The van der Waals surface area contributed by atoms with Crippen LogP contribution in [0.1, 0.15) is 10.4 Å². The molecule has 0 spiro atoms. The first kappa shape index (κ1) is 26.2. The fraction of sp³-hybridized carbons (Fsp3) is 0.304. The molecule has 3 aromatic rings. The molecular formula is C23H21Cl2F3N4O4. The minimum atomic E-state index is -0.900. The van der Waals surface area contributed by atoms with Crippen LogP contribution >= 0.6 is 23.2 Å². The molecule has 0 unspecified atom stereocenters. The number of amides is 1. The molecule has 0 bridgehead atoms. The number of fused-ring (bicyclic) bond motifs is 1. The van der Waals surface area contributed by atoms with Gasteiger partial charge >= 0.3 is 0 Å². The third-order valence-corrected chi connectivity index (χ3v) is 6.28. The highest BCUT2D eigenvalue weighted by molar-refractivity contribution is 6.31. The highest BCUT2D eigenvalue weighted by Gasteiger charge is 2.23. The summed E-state index contributed by atoms with van der Waals surface area (Å²) in [5.41, 5.74) is 0.998. The van der Waals surface area contributed by atoms with E-state index in [1.165, 1.54) is 12.1 Å². The molecule has 1 aliphatic heterocycles. The summed E-state index contributed by atoms with van der Waals surface area (Å²) in [5.74, 6) is -2.11. The number of carbonyl (C=O) groups is 1. The summed E-state index contributed by atoms with van der Waals surface area (Å²) in [6.07, 6.45) is -0.118. The van der Waals surface area contributed by atoms with Gasteiger partial charge in [-0.05, 0) is 24.3 Å². The monoisotopic (exact) mass is 544 g/mol. The maximum absolute atomic E-state index is 14.4. The van der Waals surface area contributed by atoms with Gasteiger partial charge in [-0.2, -0.15) is 4.79 Å². The fourth-order valence-corrected chi connectivity index (χ4v) is 4.07. The number of nitrogens with zero attached hydrogens (tertiary/aromatic N) is 3. The number of rotatable bonds is 7. The number of hydrogen-bond acceptors (Lipinski definition) is 6. The number of piperazine rings is 1. The Labute approximate surface area is 213 Å². The Hall–Kier alpha value is -2.83. The quantitative estimate of drug-likeness (QED) is 0.475. The first-order valence-corrected chi connectivity index (χ1v) is 11.6. The molecule has 192 valence electrons. The summed E-state index contributed by atoms with van der Waals surface area (Å²) < 4.78 is 47.1. The molecule has 1 aliphatic rings. The smallest absolute Gasteiger partial charge is 0.271 e. The number of aliphatic hydroxyl groups is 1. The predicted molar refractivity (Wildman–Crippen MR) is 128 cm³/mol. The van der Waals surface area contributed by atoms with Crippen LogP contribution in [0.2, 0.25) is 10.0 Å². The Morgan fingerprint density at radius 2 is 1.78 bits per heavy atom. The van der Waals surface area contributed by atoms with Gasteiger partial charge in [0.2, 0.25) is 5.43 Å². The molecule has 1 aromatic heterocycles. The molecule has 2 heterocycles. The topological polar surface area (TPSA) is 87.0 Å². The number of hydrogen-bond donors (Lipinski definition) is 2. The van der Waals surface area contributed by atoms with Crippen molar-refractivity contribution in [3.05, 3.63) is 74.0 Å². The summed E-state index contributed by atoms with van der Waals surface area (Å²) in [6, 6.07) is 5.76. The van der Waals surface area contributed by atoms with Gasteiger partial charge in [-0.1, -0.05) is 27.7 Å². The van der Waals surface area contributed by atoms with E-state index in [0.29, 0.717) is 26.2 Å². The Morgan fingerprint density at radius 3 is 2.47 bits per heavy atom. The molecule has 8 nitrogen and oxygen atoms in total. The van der Waals surface area contributed by atoms with Gasteiger partial charge in [-0.25, -0.2) is 13.8 Å². The maximum Gasteiger partial charge on any atom is 0.271 e. The number of hydrazine groups is 1. The molecule has 1 fully saturated rings. The molecule has 1 amide bonds. The van der Waals surface area contributed by atoms with Crippen LogP contribution in [0, 0.1) is 11.6 Å². The second-order valence-electron chi connectivity index (χ2n) is 8.24. The van der Waals surface area contributed by atoms with Crippen molar-refractivity contribution in [1.29, 1.82) is 0 Å².